The molecule has 0 spiro atoms. The molecular weight excluding hydrogens is 264 g/mol. The average molecular weight is 292 g/mol. The third kappa shape index (κ3) is 5.64. The van der Waals surface area contributed by atoms with E-state index in [0.717, 1.165) is 49.7 Å². The molecule has 1 aromatic rings. The molecule has 118 valence electrons. The van der Waals surface area contributed by atoms with Crippen LogP contribution in [0, 0.1) is 6.92 Å². The van der Waals surface area contributed by atoms with Gasteiger partial charge in [-0.1, -0.05) is 13.8 Å². The second kappa shape index (κ2) is 8.35. The molecule has 4 nitrogen and oxygen atoms in total. The largest absolute Gasteiger partial charge is 0.492 e. The molecule has 1 aliphatic heterocycles. The molecule has 0 aliphatic carbocycles. The Morgan fingerprint density at radius 2 is 2.29 bits per heavy atom. The molecule has 0 saturated carbocycles. The third-order valence-corrected chi connectivity index (χ3v) is 3.70. The fraction of sp³-hybridized carbons (Fsp3) is 0.706. The summed E-state index contributed by atoms with van der Waals surface area (Å²) in [5.74, 6) is 0.904. The van der Waals surface area contributed by atoms with Gasteiger partial charge in [-0.2, -0.15) is 0 Å². The minimum Gasteiger partial charge on any atom is -0.492 e. The Kier molecular flexibility index (Phi) is 6.46. The molecule has 1 unspecified atom stereocenters. The quantitative estimate of drug-likeness (QED) is 0.747. The van der Waals surface area contributed by atoms with Gasteiger partial charge in [0.25, 0.3) is 0 Å². The van der Waals surface area contributed by atoms with Crippen LogP contribution in [0.2, 0.25) is 0 Å². The number of aromatic nitrogens is 1. The zero-order valence-corrected chi connectivity index (χ0v) is 13.5. The van der Waals surface area contributed by atoms with Crippen LogP contribution in [-0.4, -0.2) is 30.3 Å². The summed E-state index contributed by atoms with van der Waals surface area (Å²) in [6.45, 7) is 8.70. The van der Waals surface area contributed by atoms with Crippen LogP contribution in [0.3, 0.4) is 0 Å². The van der Waals surface area contributed by atoms with Gasteiger partial charge in [0.2, 0.25) is 0 Å². The third-order valence-electron chi connectivity index (χ3n) is 3.70. The van der Waals surface area contributed by atoms with Crippen molar-refractivity contribution in [3.05, 3.63) is 23.5 Å². The van der Waals surface area contributed by atoms with Crippen molar-refractivity contribution in [2.24, 2.45) is 0 Å². The first-order chi connectivity index (χ1) is 10.1. The maximum Gasteiger partial charge on any atom is 0.142 e. The van der Waals surface area contributed by atoms with Crippen LogP contribution in [0.1, 0.15) is 50.9 Å². The molecule has 1 fully saturated rings. The van der Waals surface area contributed by atoms with E-state index >= 15 is 0 Å². The van der Waals surface area contributed by atoms with Crippen LogP contribution in [0.5, 0.6) is 5.75 Å². The van der Waals surface area contributed by atoms with Gasteiger partial charge in [-0.15, -0.1) is 0 Å². The lowest BCUT2D eigenvalue weighted by Gasteiger charge is -2.14. The average Bonchev–Trinajstić information content (AvgIpc) is 2.96. The summed E-state index contributed by atoms with van der Waals surface area (Å²) in [6.07, 6.45) is 4.99. The van der Waals surface area contributed by atoms with Crippen LogP contribution in [-0.2, 0) is 11.3 Å². The normalized spacial score (nSPS) is 18.4. The molecule has 1 atom stereocenters. The van der Waals surface area contributed by atoms with Gasteiger partial charge < -0.3 is 14.8 Å². The molecule has 0 radical (unpaired) electrons. The lowest BCUT2D eigenvalue weighted by atomic mass is 10.1. The number of hydrogen-bond donors (Lipinski definition) is 1. The van der Waals surface area contributed by atoms with E-state index in [4.69, 9.17) is 9.47 Å². The summed E-state index contributed by atoms with van der Waals surface area (Å²) in [5.41, 5.74) is 2.03. The van der Waals surface area contributed by atoms with Gasteiger partial charge in [-0.25, -0.2) is 0 Å². The second-order valence-corrected chi connectivity index (χ2v) is 6.06. The minimum absolute atomic E-state index is 0.444. The maximum absolute atomic E-state index is 5.93. The Balaban J connectivity index is 1.80. The van der Waals surface area contributed by atoms with E-state index < -0.39 is 0 Å². The first-order valence-electron chi connectivity index (χ1n) is 8.09. The van der Waals surface area contributed by atoms with Gasteiger partial charge in [0, 0.05) is 24.9 Å². The van der Waals surface area contributed by atoms with E-state index in [1.54, 1.807) is 0 Å². The molecule has 1 saturated heterocycles. The SMILES string of the molecule is Cc1ccc(OCCCC2CCCO2)c(CNC(C)C)n1. The molecule has 1 N–H and O–H groups in total. The highest BCUT2D eigenvalue weighted by Crippen LogP contribution is 2.19. The molecule has 0 aromatic carbocycles. The van der Waals surface area contributed by atoms with Gasteiger partial charge in [-0.05, 0) is 44.7 Å². The van der Waals surface area contributed by atoms with Crippen molar-refractivity contribution < 1.29 is 9.47 Å². The van der Waals surface area contributed by atoms with E-state index in [2.05, 4.69) is 24.1 Å². The second-order valence-electron chi connectivity index (χ2n) is 6.06. The molecule has 21 heavy (non-hydrogen) atoms. The molecule has 2 heterocycles. The Morgan fingerprint density at radius 1 is 1.43 bits per heavy atom. The van der Waals surface area contributed by atoms with Gasteiger partial charge >= 0.3 is 0 Å². The van der Waals surface area contributed by atoms with Crippen molar-refractivity contribution in [2.45, 2.75) is 65.1 Å². The summed E-state index contributed by atoms with van der Waals surface area (Å²) in [4.78, 5) is 4.59. The number of ether oxygens (including phenoxy) is 2. The summed E-state index contributed by atoms with van der Waals surface area (Å²) < 4.78 is 11.6. The summed E-state index contributed by atoms with van der Waals surface area (Å²) in [6, 6.07) is 4.49. The lowest BCUT2D eigenvalue weighted by molar-refractivity contribution is 0.0980. The zero-order valence-electron chi connectivity index (χ0n) is 13.5. The van der Waals surface area contributed by atoms with Crippen molar-refractivity contribution in [2.75, 3.05) is 13.2 Å². The number of hydrogen-bond acceptors (Lipinski definition) is 4. The fourth-order valence-corrected chi connectivity index (χ4v) is 2.52. The van der Waals surface area contributed by atoms with Crippen LogP contribution < -0.4 is 10.1 Å². The maximum atomic E-state index is 5.93. The molecule has 2 rings (SSSR count). The molecular formula is C17H28N2O2. The smallest absolute Gasteiger partial charge is 0.142 e. The Labute approximate surface area is 128 Å². The highest BCUT2D eigenvalue weighted by atomic mass is 16.5. The number of rotatable bonds is 8. The van der Waals surface area contributed by atoms with Crippen molar-refractivity contribution in [1.29, 1.82) is 0 Å². The van der Waals surface area contributed by atoms with E-state index in [1.165, 1.54) is 12.8 Å². The number of pyridine rings is 1. The Bertz CT molecular complexity index is 429. The molecule has 4 heteroatoms. The summed E-state index contributed by atoms with van der Waals surface area (Å²) in [5, 5.41) is 3.40. The van der Waals surface area contributed by atoms with Crippen LogP contribution in [0.15, 0.2) is 12.1 Å². The monoisotopic (exact) mass is 292 g/mol. The summed E-state index contributed by atoms with van der Waals surface area (Å²) in [7, 11) is 0. The Morgan fingerprint density at radius 3 is 3.00 bits per heavy atom. The van der Waals surface area contributed by atoms with E-state index in [1.807, 2.05) is 19.1 Å². The fourth-order valence-electron chi connectivity index (χ4n) is 2.52. The van der Waals surface area contributed by atoms with Gasteiger partial charge in [0.15, 0.2) is 0 Å². The topological polar surface area (TPSA) is 43.4 Å². The molecule has 0 amide bonds. The highest BCUT2D eigenvalue weighted by Gasteiger charge is 2.15. The standard InChI is InChI=1S/C17H28N2O2/c1-13(2)18-12-16-17(9-8-14(3)19-16)21-11-5-7-15-6-4-10-20-15/h8-9,13,15,18H,4-7,10-12H2,1-3H3. The zero-order chi connectivity index (χ0) is 15.1. The number of nitrogens with one attached hydrogen (secondary N) is 1. The van der Waals surface area contributed by atoms with Crippen LogP contribution in [0.4, 0.5) is 0 Å². The minimum atomic E-state index is 0.444. The molecule has 1 aliphatic rings. The number of aryl methyl sites for hydroxylation is 1. The lowest BCUT2D eigenvalue weighted by Crippen LogP contribution is -2.23. The molecule has 1 aromatic heterocycles. The van der Waals surface area contributed by atoms with E-state index in [9.17, 15) is 0 Å². The first-order valence-corrected chi connectivity index (χ1v) is 8.09. The van der Waals surface area contributed by atoms with Gasteiger partial charge in [0.05, 0.1) is 18.4 Å². The van der Waals surface area contributed by atoms with Crippen molar-refractivity contribution in [3.63, 3.8) is 0 Å². The van der Waals surface area contributed by atoms with E-state index in [-0.39, 0.29) is 0 Å². The highest BCUT2D eigenvalue weighted by molar-refractivity contribution is 5.29. The predicted octanol–water partition coefficient (Wildman–Crippen LogP) is 3.23. The first kappa shape index (κ1) is 16.2. The molecule has 0 bridgehead atoms. The predicted molar refractivity (Wildman–Crippen MR) is 84.7 cm³/mol. The van der Waals surface area contributed by atoms with E-state index in [0.29, 0.717) is 12.1 Å². The van der Waals surface area contributed by atoms with Crippen LogP contribution >= 0.6 is 0 Å². The summed E-state index contributed by atoms with van der Waals surface area (Å²) >= 11 is 0. The van der Waals surface area contributed by atoms with Crippen molar-refractivity contribution in [1.82, 2.24) is 10.3 Å². The van der Waals surface area contributed by atoms with Gasteiger partial charge in [-0.3, -0.25) is 4.98 Å². The number of nitrogens with zero attached hydrogens (tertiary/aromatic N) is 1. The van der Waals surface area contributed by atoms with Gasteiger partial charge in [0.1, 0.15) is 5.75 Å². The Hall–Kier alpha value is -1.13. The van der Waals surface area contributed by atoms with Crippen molar-refractivity contribution in [3.8, 4) is 5.75 Å². The van der Waals surface area contributed by atoms with Crippen LogP contribution in [0.25, 0.3) is 0 Å². The van der Waals surface area contributed by atoms with Crippen molar-refractivity contribution >= 4 is 0 Å².